The predicted molar refractivity (Wildman–Crippen MR) is 52.2 cm³/mol. The van der Waals surface area contributed by atoms with Crippen molar-refractivity contribution in [2.24, 2.45) is 0 Å². The van der Waals surface area contributed by atoms with Crippen molar-refractivity contribution in [1.82, 2.24) is 20.4 Å². The topological polar surface area (TPSA) is 77.0 Å². The van der Waals surface area contributed by atoms with Crippen LogP contribution in [-0.4, -0.2) is 28.7 Å². The van der Waals surface area contributed by atoms with E-state index >= 15 is 0 Å². The van der Waals surface area contributed by atoms with Crippen molar-refractivity contribution in [1.29, 1.82) is 0 Å². The quantitative estimate of drug-likeness (QED) is 0.800. The molecule has 0 saturated carbocycles. The van der Waals surface area contributed by atoms with E-state index in [0.717, 1.165) is 18.7 Å². The van der Waals surface area contributed by atoms with Crippen LogP contribution < -0.4 is 5.32 Å². The van der Waals surface area contributed by atoms with Crippen LogP contribution in [0.4, 0.5) is 0 Å². The number of aromatic nitrogens is 3. The van der Waals surface area contributed by atoms with Crippen molar-refractivity contribution >= 4 is 0 Å². The maximum absolute atomic E-state index is 5.15. The van der Waals surface area contributed by atoms with E-state index in [2.05, 4.69) is 20.4 Å². The molecule has 0 unspecified atom stereocenters. The minimum Gasteiger partial charge on any atom is -0.438 e. The van der Waals surface area contributed by atoms with Gasteiger partial charge < -0.3 is 14.3 Å². The predicted octanol–water partition coefficient (Wildman–Crippen LogP) is 0.795. The zero-order chi connectivity index (χ0) is 10.7. The number of rotatable bonds is 4. The number of likely N-dealkylation sites (N-methyl/N-ethyl adjacent to an activating group) is 1. The van der Waals surface area contributed by atoms with E-state index in [1.54, 1.807) is 0 Å². The molecule has 2 rings (SSSR count). The molecule has 15 heavy (non-hydrogen) atoms. The molecule has 0 aromatic carbocycles. The zero-order valence-electron chi connectivity index (χ0n) is 8.65. The van der Waals surface area contributed by atoms with Gasteiger partial charge in [-0.25, -0.2) is 4.98 Å². The molecule has 1 N–H and O–H groups in total. The number of oxazole rings is 1. The second kappa shape index (κ2) is 4.22. The molecular weight excluding hydrogens is 196 g/mol. The lowest BCUT2D eigenvalue weighted by Gasteiger charge is -1.90. The Hall–Kier alpha value is -1.69. The Morgan fingerprint density at radius 3 is 3.00 bits per heavy atom. The summed E-state index contributed by atoms with van der Waals surface area (Å²) in [6, 6.07) is 0. The molecule has 0 fully saturated rings. The lowest BCUT2D eigenvalue weighted by Crippen LogP contribution is -2.10. The van der Waals surface area contributed by atoms with Gasteiger partial charge in [-0.15, -0.1) is 0 Å². The summed E-state index contributed by atoms with van der Waals surface area (Å²) < 4.78 is 10.2. The van der Waals surface area contributed by atoms with E-state index < -0.39 is 0 Å². The SMILES string of the molecule is CNCCc1noc(-c2ocnc2C)n1. The van der Waals surface area contributed by atoms with Crippen LogP contribution in [0.15, 0.2) is 15.3 Å². The number of nitrogens with zero attached hydrogens (tertiary/aromatic N) is 3. The first-order valence-electron chi connectivity index (χ1n) is 4.69. The molecule has 0 aliphatic rings. The summed E-state index contributed by atoms with van der Waals surface area (Å²) in [6.07, 6.45) is 2.09. The van der Waals surface area contributed by atoms with Gasteiger partial charge >= 0.3 is 0 Å². The molecule has 6 heteroatoms. The Balaban J connectivity index is 2.17. The van der Waals surface area contributed by atoms with Crippen molar-refractivity contribution in [3.63, 3.8) is 0 Å². The molecule has 0 saturated heterocycles. The van der Waals surface area contributed by atoms with E-state index in [4.69, 9.17) is 8.94 Å². The standard InChI is InChI=1S/C9H12N4O2/c1-6-8(14-5-11-6)9-12-7(13-15-9)3-4-10-2/h5,10H,3-4H2,1-2H3. The molecule has 2 aromatic rings. The largest absolute Gasteiger partial charge is 0.438 e. The molecule has 2 heterocycles. The van der Waals surface area contributed by atoms with Gasteiger partial charge in [0, 0.05) is 13.0 Å². The van der Waals surface area contributed by atoms with Crippen molar-refractivity contribution in [3.8, 4) is 11.7 Å². The second-order valence-corrected chi connectivity index (χ2v) is 3.14. The molecule has 0 radical (unpaired) electrons. The first-order chi connectivity index (χ1) is 7.31. The molecule has 0 amide bonds. The number of hydrogen-bond donors (Lipinski definition) is 1. The fourth-order valence-electron chi connectivity index (χ4n) is 1.19. The van der Waals surface area contributed by atoms with Crippen LogP contribution >= 0.6 is 0 Å². The Kier molecular flexibility index (Phi) is 2.77. The van der Waals surface area contributed by atoms with Gasteiger partial charge in [-0.3, -0.25) is 0 Å². The maximum Gasteiger partial charge on any atom is 0.295 e. The van der Waals surface area contributed by atoms with Gasteiger partial charge in [0.25, 0.3) is 5.89 Å². The average molecular weight is 208 g/mol. The van der Waals surface area contributed by atoms with Crippen molar-refractivity contribution in [2.45, 2.75) is 13.3 Å². The molecule has 0 spiro atoms. The Bertz CT molecular complexity index is 435. The number of nitrogens with one attached hydrogen (secondary N) is 1. The van der Waals surface area contributed by atoms with Crippen LogP contribution in [0.3, 0.4) is 0 Å². The van der Waals surface area contributed by atoms with Crippen LogP contribution in [0.1, 0.15) is 11.5 Å². The molecule has 6 nitrogen and oxygen atoms in total. The van der Waals surface area contributed by atoms with Gasteiger partial charge in [-0.05, 0) is 14.0 Å². The third kappa shape index (κ3) is 2.04. The van der Waals surface area contributed by atoms with Crippen LogP contribution in [0.5, 0.6) is 0 Å². The van der Waals surface area contributed by atoms with E-state index in [9.17, 15) is 0 Å². The molecule has 0 aliphatic carbocycles. The van der Waals surface area contributed by atoms with Gasteiger partial charge in [-0.1, -0.05) is 5.16 Å². The zero-order valence-corrected chi connectivity index (χ0v) is 8.65. The normalized spacial score (nSPS) is 10.8. The van der Waals surface area contributed by atoms with Gasteiger partial charge in [0.05, 0.1) is 5.69 Å². The number of hydrogen-bond acceptors (Lipinski definition) is 6. The van der Waals surface area contributed by atoms with Crippen molar-refractivity contribution in [2.75, 3.05) is 13.6 Å². The Labute approximate surface area is 86.7 Å². The first kappa shape index (κ1) is 9.85. The summed E-state index contributed by atoms with van der Waals surface area (Å²) in [4.78, 5) is 8.16. The third-order valence-electron chi connectivity index (χ3n) is 2.01. The van der Waals surface area contributed by atoms with E-state index in [1.165, 1.54) is 6.39 Å². The summed E-state index contributed by atoms with van der Waals surface area (Å²) in [7, 11) is 1.88. The van der Waals surface area contributed by atoms with E-state index in [0.29, 0.717) is 17.5 Å². The molecule has 0 aliphatic heterocycles. The summed E-state index contributed by atoms with van der Waals surface area (Å²) in [5, 5.41) is 6.85. The first-order valence-corrected chi connectivity index (χ1v) is 4.69. The van der Waals surface area contributed by atoms with Crippen molar-refractivity contribution in [3.05, 3.63) is 17.9 Å². The van der Waals surface area contributed by atoms with E-state index in [1.807, 2.05) is 14.0 Å². The molecule has 0 atom stereocenters. The highest BCUT2D eigenvalue weighted by molar-refractivity contribution is 5.46. The minimum atomic E-state index is 0.385. The summed E-state index contributed by atoms with van der Waals surface area (Å²) in [5.74, 6) is 1.59. The number of aryl methyl sites for hydroxylation is 1. The van der Waals surface area contributed by atoms with Gasteiger partial charge in [0.2, 0.25) is 5.76 Å². The lowest BCUT2D eigenvalue weighted by atomic mass is 10.3. The van der Waals surface area contributed by atoms with E-state index in [-0.39, 0.29) is 0 Å². The summed E-state index contributed by atoms with van der Waals surface area (Å²) in [5.41, 5.74) is 0.749. The Morgan fingerprint density at radius 1 is 1.47 bits per heavy atom. The highest BCUT2D eigenvalue weighted by atomic mass is 16.5. The molecular formula is C9H12N4O2. The molecule has 80 valence electrons. The second-order valence-electron chi connectivity index (χ2n) is 3.14. The average Bonchev–Trinajstić information content (AvgIpc) is 2.83. The minimum absolute atomic E-state index is 0.385. The monoisotopic (exact) mass is 208 g/mol. The maximum atomic E-state index is 5.15. The summed E-state index contributed by atoms with van der Waals surface area (Å²) in [6.45, 7) is 2.64. The highest BCUT2D eigenvalue weighted by Gasteiger charge is 2.14. The fraction of sp³-hybridized carbons (Fsp3) is 0.444. The van der Waals surface area contributed by atoms with Crippen molar-refractivity contribution < 1.29 is 8.94 Å². The van der Waals surface area contributed by atoms with Crippen LogP contribution in [0.25, 0.3) is 11.7 Å². The van der Waals surface area contributed by atoms with Gasteiger partial charge in [-0.2, -0.15) is 4.98 Å². The molecule has 2 aromatic heterocycles. The highest BCUT2D eigenvalue weighted by Crippen LogP contribution is 2.19. The molecule has 0 bridgehead atoms. The third-order valence-corrected chi connectivity index (χ3v) is 2.01. The summed E-state index contributed by atoms with van der Waals surface area (Å²) >= 11 is 0. The smallest absolute Gasteiger partial charge is 0.295 e. The fourth-order valence-corrected chi connectivity index (χ4v) is 1.19. The Morgan fingerprint density at radius 2 is 2.33 bits per heavy atom. The van der Waals surface area contributed by atoms with Gasteiger partial charge in [0.1, 0.15) is 0 Å². The van der Waals surface area contributed by atoms with Crippen LogP contribution in [0, 0.1) is 6.92 Å². The van der Waals surface area contributed by atoms with Crippen LogP contribution in [0.2, 0.25) is 0 Å². The van der Waals surface area contributed by atoms with Gasteiger partial charge in [0.15, 0.2) is 12.2 Å². The van der Waals surface area contributed by atoms with Crippen LogP contribution in [-0.2, 0) is 6.42 Å². The lowest BCUT2D eigenvalue weighted by molar-refractivity contribution is 0.408.